The number of fused-ring (bicyclic) bond motifs is 1. The van der Waals surface area contributed by atoms with Crippen LogP contribution in [0.1, 0.15) is 6.42 Å². The van der Waals surface area contributed by atoms with Gasteiger partial charge >= 0.3 is 11.7 Å². The summed E-state index contributed by atoms with van der Waals surface area (Å²) in [6.45, 7) is -0.348. The minimum Gasteiger partial charge on any atom is -0.480 e. The summed E-state index contributed by atoms with van der Waals surface area (Å²) >= 11 is 0. The average Bonchev–Trinajstić information content (AvgIpc) is 2.46. The third-order valence-corrected chi connectivity index (χ3v) is 3.25. The number of nitrogens with zero attached hydrogens (tertiary/aromatic N) is 2. The minimum absolute atomic E-state index is 0.0419. The van der Waals surface area contributed by atoms with Crippen molar-refractivity contribution >= 4 is 22.8 Å². The first-order valence-corrected chi connectivity index (χ1v) is 6.58. The van der Waals surface area contributed by atoms with E-state index in [0.717, 1.165) is 4.90 Å². The van der Waals surface area contributed by atoms with Crippen molar-refractivity contribution in [2.24, 2.45) is 0 Å². The van der Waals surface area contributed by atoms with Gasteiger partial charge in [-0.25, -0.2) is 4.79 Å². The van der Waals surface area contributed by atoms with Gasteiger partial charge in [0, 0.05) is 20.0 Å². The normalized spacial score (nSPS) is 10.6. The molecule has 22 heavy (non-hydrogen) atoms. The first-order valence-electron chi connectivity index (χ1n) is 6.58. The third kappa shape index (κ3) is 3.22. The van der Waals surface area contributed by atoms with Crippen LogP contribution in [0.4, 0.5) is 0 Å². The molecule has 0 radical (unpaired) electrons. The van der Waals surface area contributed by atoms with Crippen LogP contribution in [-0.4, -0.2) is 45.0 Å². The van der Waals surface area contributed by atoms with E-state index in [4.69, 9.17) is 5.11 Å². The highest BCUT2D eigenvalue weighted by molar-refractivity contribution is 5.81. The Morgan fingerprint density at radius 2 is 1.95 bits per heavy atom. The van der Waals surface area contributed by atoms with Crippen molar-refractivity contribution in [1.82, 2.24) is 14.5 Å². The van der Waals surface area contributed by atoms with Gasteiger partial charge in [-0.3, -0.25) is 23.9 Å². The van der Waals surface area contributed by atoms with Crippen molar-refractivity contribution in [3.8, 4) is 0 Å². The zero-order valence-corrected chi connectivity index (χ0v) is 11.9. The number of carboxylic acid groups (broad SMARTS) is 1. The number of aliphatic carboxylic acids is 1. The maximum atomic E-state index is 11.9. The van der Waals surface area contributed by atoms with E-state index in [1.165, 1.54) is 11.6 Å². The molecule has 1 aromatic carbocycles. The van der Waals surface area contributed by atoms with Crippen molar-refractivity contribution in [1.29, 1.82) is 0 Å². The molecule has 1 amide bonds. The van der Waals surface area contributed by atoms with Gasteiger partial charge in [-0.05, 0) is 12.1 Å². The number of aromatic nitrogens is 2. The second-order valence-corrected chi connectivity index (χ2v) is 4.82. The Labute approximate surface area is 124 Å². The molecule has 2 aromatic rings. The topological polar surface area (TPSA) is 112 Å². The van der Waals surface area contributed by atoms with Crippen LogP contribution in [-0.2, 0) is 16.1 Å². The number of benzene rings is 1. The molecule has 1 aromatic heterocycles. The highest BCUT2D eigenvalue weighted by Gasteiger charge is 2.13. The summed E-state index contributed by atoms with van der Waals surface area (Å²) in [5, 5.41) is 9.00. The molecule has 116 valence electrons. The first kappa shape index (κ1) is 15.5. The predicted octanol–water partition coefficient (Wildman–Crippen LogP) is -0.377. The van der Waals surface area contributed by atoms with Gasteiger partial charge in [0.2, 0.25) is 5.91 Å². The number of amides is 1. The number of likely N-dealkylation sites (N-methyl/N-ethyl adjacent to an activating group) is 1. The predicted molar refractivity (Wildman–Crippen MR) is 78.7 cm³/mol. The smallest absolute Gasteiger partial charge is 0.328 e. The van der Waals surface area contributed by atoms with Gasteiger partial charge in [0.1, 0.15) is 6.54 Å². The number of hydrogen-bond acceptors (Lipinski definition) is 4. The molecule has 0 unspecified atom stereocenters. The number of para-hydroxylation sites is 1. The second-order valence-electron chi connectivity index (χ2n) is 4.82. The van der Waals surface area contributed by atoms with Gasteiger partial charge in [-0.2, -0.15) is 0 Å². The number of aryl methyl sites for hydroxylation is 1. The molecule has 0 aliphatic carbocycles. The van der Waals surface area contributed by atoms with Crippen molar-refractivity contribution in [2.45, 2.75) is 13.0 Å². The van der Waals surface area contributed by atoms with E-state index in [1.54, 1.807) is 24.3 Å². The number of carbonyl (C=O) groups is 2. The average molecular weight is 305 g/mol. The van der Waals surface area contributed by atoms with E-state index < -0.39 is 29.7 Å². The van der Waals surface area contributed by atoms with Gasteiger partial charge in [-0.15, -0.1) is 0 Å². The van der Waals surface area contributed by atoms with Crippen molar-refractivity contribution < 1.29 is 14.7 Å². The van der Waals surface area contributed by atoms with Crippen LogP contribution < -0.4 is 11.2 Å². The monoisotopic (exact) mass is 305 g/mol. The van der Waals surface area contributed by atoms with E-state index in [0.29, 0.717) is 10.9 Å². The lowest BCUT2D eigenvalue weighted by Crippen LogP contribution is -2.35. The van der Waals surface area contributed by atoms with E-state index in [-0.39, 0.29) is 13.0 Å². The van der Waals surface area contributed by atoms with Gasteiger partial charge in [0.15, 0.2) is 0 Å². The van der Waals surface area contributed by atoms with E-state index >= 15 is 0 Å². The molecule has 0 bridgehead atoms. The zero-order valence-electron chi connectivity index (χ0n) is 11.9. The lowest BCUT2D eigenvalue weighted by Gasteiger charge is -2.15. The highest BCUT2D eigenvalue weighted by atomic mass is 16.4. The summed E-state index contributed by atoms with van der Waals surface area (Å²) in [4.78, 5) is 49.3. The Hall–Kier alpha value is -2.90. The van der Waals surface area contributed by atoms with Crippen LogP contribution in [0.2, 0.25) is 0 Å². The molecule has 0 atom stereocenters. The summed E-state index contributed by atoms with van der Waals surface area (Å²) in [7, 11) is 1.38. The largest absolute Gasteiger partial charge is 0.480 e. The highest BCUT2D eigenvalue weighted by Crippen LogP contribution is 2.07. The van der Waals surface area contributed by atoms with E-state index in [1.807, 2.05) is 0 Å². The lowest BCUT2D eigenvalue weighted by atomic mass is 10.2. The minimum atomic E-state index is -1.11. The number of aromatic amines is 1. The van der Waals surface area contributed by atoms with Crippen LogP contribution in [0.5, 0.6) is 0 Å². The van der Waals surface area contributed by atoms with Crippen molar-refractivity contribution in [3.05, 3.63) is 45.1 Å². The molecular formula is C14H15N3O5. The van der Waals surface area contributed by atoms with Gasteiger partial charge in [-0.1, -0.05) is 12.1 Å². The molecular weight excluding hydrogens is 290 g/mol. The Morgan fingerprint density at radius 1 is 1.27 bits per heavy atom. The number of hydrogen-bond donors (Lipinski definition) is 2. The molecule has 0 spiro atoms. The van der Waals surface area contributed by atoms with Crippen LogP contribution in [0.25, 0.3) is 10.9 Å². The Morgan fingerprint density at radius 3 is 2.64 bits per heavy atom. The fourth-order valence-corrected chi connectivity index (χ4v) is 2.15. The number of H-pyrrole nitrogens is 1. The molecule has 0 saturated heterocycles. The quantitative estimate of drug-likeness (QED) is 0.782. The summed E-state index contributed by atoms with van der Waals surface area (Å²) < 4.78 is 1.29. The number of carboxylic acids is 1. The second kappa shape index (κ2) is 6.25. The maximum absolute atomic E-state index is 11.9. The van der Waals surface area contributed by atoms with Crippen molar-refractivity contribution in [3.63, 3.8) is 0 Å². The number of nitrogens with one attached hydrogen (secondary N) is 1. The maximum Gasteiger partial charge on any atom is 0.328 e. The summed E-state index contributed by atoms with van der Waals surface area (Å²) in [6.07, 6.45) is -0.0419. The molecule has 0 aliphatic rings. The van der Waals surface area contributed by atoms with Gasteiger partial charge in [0.05, 0.1) is 10.9 Å². The molecule has 8 nitrogen and oxygen atoms in total. The molecule has 1 heterocycles. The molecule has 0 aliphatic heterocycles. The summed E-state index contributed by atoms with van der Waals surface area (Å²) in [5.41, 5.74) is -0.645. The lowest BCUT2D eigenvalue weighted by molar-refractivity contribution is -0.143. The molecule has 0 saturated carbocycles. The van der Waals surface area contributed by atoms with E-state index in [2.05, 4.69) is 4.98 Å². The molecule has 0 fully saturated rings. The first-order chi connectivity index (χ1) is 10.4. The van der Waals surface area contributed by atoms with Crippen LogP contribution in [0, 0.1) is 0 Å². The van der Waals surface area contributed by atoms with Crippen LogP contribution in [0.15, 0.2) is 33.9 Å². The van der Waals surface area contributed by atoms with Crippen LogP contribution >= 0.6 is 0 Å². The van der Waals surface area contributed by atoms with E-state index in [9.17, 15) is 19.2 Å². The van der Waals surface area contributed by atoms with Gasteiger partial charge in [0.25, 0.3) is 5.56 Å². The summed E-state index contributed by atoms with van der Waals surface area (Å²) in [6, 6.07) is 6.58. The number of rotatable bonds is 5. The fourth-order valence-electron chi connectivity index (χ4n) is 2.15. The Kier molecular flexibility index (Phi) is 4.40. The zero-order chi connectivity index (χ0) is 16.3. The van der Waals surface area contributed by atoms with Crippen molar-refractivity contribution in [2.75, 3.05) is 13.6 Å². The molecule has 2 N–H and O–H groups in total. The van der Waals surface area contributed by atoms with Gasteiger partial charge < -0.3 is 10.0 Å². The molecule has 2 rings (SSSR count). The Bertz CT molecular complexity index is 836. The third-order valence-electron chi connectivity index (χ3n) is 3.25. The fraction of sp³-hybridized carbons (Fsp3) is 0.286. The Balaban J connectivity index is 2.26. The van der Waals surface area contributed by atoms with Crippen LogP contribution in [0.3, 0.4) is 0 Å². The molecule has 8 heteroatoms. The summed E-state index contributed by atoms with van der Waals surface area (Å²) in [5.74, 6) is -1.51. The number of carbonyl (C=O) groups excluding carboxylic acids is 1. The standard InChI is InChI=1S/C14H15N3O5/c1-16(8-12(19)20)11(18)6-7-17-10-5-3-2-4-9(10)13(21)15-14(17)22/h2-5H,6-8H2,1H3,(H,19,20)(H,15,21,22). The SMILES string of the molecule is CN(CC(=O)O)C(=O)CCn1c(=O)[nH]c(=O)c2ccccc21.